The zero-order valence-electron chi connectivity index (χ0n) is 27.0. The number of fused-ring (bicyclic) bond motifs is 3. The predicted molar refractivity (Wildman–Crippen MR) is 170 cm³/mol. The second-order valence-electron chi connectivity index (χ2n) is 11.3. The first-order valence-corrected chi connectivity index (χ1v) is 14.8. The number of nitrogens with zero attached hydrogens (tertiary/aromatic N) is 5. The molecule has 6 amide bonds. The highest BCUT2D eigenvalue weighted by Crippen LogP contribution is 2.44. The van der Waals surface area contributed by atoms with Gasteiger partial charge in [-0.3, -0.25) is 24.0 Å². The summed E-state index contributed by atoms with van der Waals surface area (Å²) in [6, 6.07) is 16.0. The van der Waals surface area contributed by atoms with E-state index in [2.05, 4.69) is 5.32 Å². The summed E-state index contributed by atoms with van der Waals surface area (Å²) in [5.74, 6) is -2.46. The first-order chi connectivity index (χ1) is 21.8. The Bertz CT molecular complexity index is 1400. The molecule has 0 spiro atoms. The average Bonchev–Trinajstić information content (AvgIpc) is 3.35. The molecule has 2 aromatic carbocycles. The molecule has 3 rings (SSSR count). The molecule has 0 saturated heterocycles. The molecule has 2 aromatic rings. The van der Waals surface area contributed by atoms with Gasteiger partial charge in [0.15, 0.2) is 0 Å². The third kappa shape index (κ3) is 9.27. The van der Waals surface area contributed by atoms with Crippen LogP contribution in [0.15, 0.2) is 48.5 Å². The van der Waals surface area contributed by atoms with Gasteiger partial charge in [-0.2, -0.15) is 0 Å². The van der Waals surface area contributed by atoms with Crippen molar-refractivity contribution in [3.63, 3.8) is 0 Å². The molecule has 1 aliphatic rings. The summed E-state index contributed by atoms with van der Waals surface area (Å²) in [7, 11) is 7.13. The van der Waals surface area contributed by atoms with Gasteiger partial charge < -0.3 is 40.3 Å². The van der Waals surface area contributed by atoms with Crippen molar-refractivity contribution in [3.05, 3.63) is 59.7 Å². The minimum Gasteiger partial charge on any atom is -0.448 e. The van der Waals surface area contributed by atoms with Gasteiger partial charge in [0, 0.05) is 54.2 Å². The number of benzene rings is 2. The quantitative estimate of drug-likeness (QED) is 0.287. The molecule has 0 aromatic heterocycles. The van der Waals surface area contributed by atoms with E-state index in [-0.39, 0.29) is 64.2 Å². The summed E-state index contributed by atoms with van der Waals surface area (Å²) in [6.07, 6.45) is -0.669. The van der Waals surface area contributed by atoms with Gasteiger partial charge in [-0.05, 0) is 22.3 Å². The second kappa shape index (κ2) is 16.4. The van der Waals surface area contributed by atoms with Crippen LogP contribution in [0, 0.1) is 0 Å². The number of hydrogen-bond donors (Lipinski definition) is 2. The molecule has 248 valence electrons. The molecule has 1 aliphatic carbocycles. The van der Waals surface area contributed by atoms with E-state index in [4.69, 9.17) is 10.5 Å². The van der Waals surface area contributed by atoms with E-state index in [9.17, 15) is 28.8 Å². The molecule has 14 nitrogen and oxygen atoms in total. The van der Waals surface area contributed by atoms with Crippen LogP contribution < -0.4 is 11.1 Å². The van der Waals surface area contributed by atoms with Crippen LogP contribution in [0.3, 0.4) is 0 Å². The molecule has 0 aliphatic heterocycles. The van der Waals surface area contributed by atoms with Crippen molar-refractivity contribution in [1.82, 2.24) is 29.8 Å². The van der Waals surface area contributed by atoms with Crippen molar-refractivity contribution in [2.45, 2.75) is 5.92 Å². The number of carbonyl (C=O) groups excluding carboxylic acids is 6. The van der Waals surface area contributed by atoms with Gasteiger partial charge >= 0.3 is 6.09 Å². The van der Waals surface area contributed by atoms with E-state index in [1.807, 2.05) is 48.5 Å². The summed E-state index contributed by atoms with van der Waals surface area (Å²) < 4.78 is 5.59. The lowest BCUT2D eigenvalue weighted by atomic mass is 9.98. The maximum atomic E-state index is 12.8. The van der Waals surface area contributed by atoms with E-state index in [1.165, 1.54) is 40.1 Å². The molecular weight excluding hydrogens is 594 g/mol. The van der Waals surface area contributed by atoms with Gasteiger partial charge in [0.25, 0.3) is 0 Å². The van der Waals surface area contributed by atoms with Gasteiger partial charge in [0.05, 0.1) is 26.2 Å². The number of amides is 6. The molecule has 46 heavy (non-hydrogen) atoms. The second-order valence-corrected chi connectivity index (χ2v) is 11.3. The number of carbonyl (C=O) groups is 6. The predicted octanol–water partition coefficient (Wildman–Crippen LogP) is -0.224. The van der Waals surface area contributed by atoms with Gasteiger partial charge in [-0.1, -0.05) is 48.5 Å². The standard InChI is InChI=1S/C32H43N7O7/c1-35(16-27(40)34-15-14-33)28(41)17-36(2)29(42)18-37(3)30(43)19-38(4)31(44)20-39(5)32(45)46-21-26-24-12-8-6-10-22(24)23-11-7-9-13-25(23)26/h6-13,26H,14-21,33H2,1-5H3,(H,34,40). The minimum atomic E-state index is -0.669. The lowest BCUT2D eigenvalue weighted by molar-refractivity contribution is -0.144. The fourth-order valence-electron chi connectivity index (χ4n) is 4.90. The van der Waals surface area contributed by atoms with Crippen molar-refractivity contribution in [1.29, 1.82) is 0 Å². The van der Waals surface area contributed by atoms with Crippen LogP contribution in [-0.2, 0) is 28.7 Å². The number of nitrogens with one attached hydrogen (secondary N) is 1. The van der Waals surface area contributed by atoms with Crippen molar-refractivity contribution in [3.8, 4) is 11.1 Å². The fourth-order valence-corrected chi connectivity index (χ4v) is 4.90. The molecule has 0 unspecified atom stereocenters. The Morgan fingerprint density at radius 2 is 1.02 bits per heavy atom. The SMILES string of the molecule is CN(CC(=O)NCCN)C(=O)CN(C)C(=O)CN(C)C(=O)CN(C)C(=O)CN(C)C(=O)OCC1c2ccccc2-c2ccccc21. The molecule has 0 heterocycles. The van der Waals surface area contributed by atoms with E-state index >= 15 is 0 Å². The zero-order chi connectivity index (χ0) is 34.0. The number of rotatable bonds is 14. The maximum absolute atomic E-state index is 12.8. The smallest absolute Gasteiger partial charge is 0.409 e. The van der Waals surface area contributed by atoms with Crippen molar-refractivity contribution >= 4 is 35.6 Å². The van der Waals surface area contributed by atoms with E-state index in [0.717, 1.165) is 41.9 Å². The Hall–Kier alpha value is -4.98. The highest BCUT2D eigenvalue weighted by Gasteiger charge is 2.30. The van der Waals surface area contributed by atoms with Crippen LogP contribution in [0.4, 0.5) is 4.79 Å². The Labute approximate surface area is 269 Å². The molecule has 0 saturated carbocycles. The largest absolute Gasteiger partial charge is 0.448 e. The van der Waals surface area contributed by atoms with Crippen LogP contribution in [-0.4, -0.2) is 148 Å². The van der Waals surface area contributed by atoms with Gasteiger partial charge in [0.1, 0.15) is 13.2 Å². The molecule has 0 bridgehead atoms. The normalized spacial score (nSPS) is 11.5. The van der Waals surface area contributed by atoms with Crippen LogP contribution >= 0.6 is 0 Å². The van der Waals surface area contributed by atoms with E-state index in [1.54, 1.807) is 0 Å². The van der Waals surface area contributed by atoms with Crippen molar-refractivity contribution in [2.75, 3.05) is 87.7 Å². The summed E-state index contributed by atoms with van der Waals surface area (Å²) >= 11 is 0. The summed E-state index contributed by atoms with van der Waals surface area (Å²) in [4.78, 5) is 81.0. The molecule has 0 atom stereocenters. The monoisotopic (exact) mass is 637 g/mol. The highest BCUT2D eigenvalue weighted by molar-refractivity contribution is 5.91. The summed E-state index contributed by atoms with van der Waals surface area (Å²) in [5.41, 5.74) is 9.70. The number of hydrogen-bond acceptors (Lipinski definition) is 8. The average molecular weight is 638 g/mol. The van der Waals surface area contributed by atoms with Gasteiger partial charge in [-0.15, -0.1) is 0 Å². The van der Waals surface area contributed by atoms with Crippen LogP contribution in [0.2, 0.25) is 0 Å². The maximum Gasteiger partial charge on any atom is 0.409 e. The topological polar surface area (TPSA) is 166 Å². The van der Waals surface area contributed by atoms with E-state index in [0.29, 0.717) is 0 Å². The Morgan fingerprint density at radius 1 is 0.630 bits per heavy atom. The molecule has 0 fully saturated rings. The van der Waals surface area contributed by atoms with Crippen LogP contribution in [0.25, 0.3) is 11.1 Å². The van der Waals surface area contributed by atoms with Crippen LogP contribution in [0.1, 0.15) is 17.0 Å². The van der Waals surface area contributed by atoms with Gasteiger partial charge in [-0.25, -0.2) is 4.79 Å². The Kier molecular flexibility index (Phi) is 12.6. The summed E-state index contributed by atoms with van der Waals surface area (Å²) in [6.45, 7) is -0.775. The Morgan fingerprint density at radius 3 is 1.46 bits per heavy atom. The van der Waals surface area contributed by atoms with Crippen LogP contribution in [0.5, 0.6) is 0 Å². The first kappa shape index (κ1) is 35.5. The lowest BCUT2D eigenvalue weighted by Crippen LogP contribution is -2.48. The first-order valence-electron chi connectivity index (χ1n) is 14.8. The van der Waals surface area contributed by atoms with Crippen molar-refractivity contribution in [2.24, 2.45) is 5.73 Å². The zero-order valence-corrected chi connectivity index (χ0v) is 27.0. The molecule has 0 radical (unpaired) electrons. The third-order valence-corrected chi connectivity index (χ3v) is 7.69. The third-order valence-electron chi connectivity index (χ3n) is 7.69. The van der Waals surface area contributed by atoms with E-state index < -0.39 is 29.7 Å². The fraction of sp³-hybridized carbons (Fsp3) is 0.438. The minimum absolute atomic E-state index is 0.110. The number of nitrogens with two attached hydrogens (primary N) is 1. The molecular formula is C32H43N7O7. The molecule has 3 N–H and O–H groups in total. The Balaban J connectivity index is 1.42. The number of ether oxygens (including phenoxy) is 1. The lowest BCUT2D eigenvalue weighted by Gasteiger charge is -2.26. The highest BCUT2D eigenvalue weighted by atomic mass is 16.6. The van der Waals surface area contributed by atoms with Gasteiger partial charge in [0.2, 0.25) is 29.5 Å². The molecule has 14 heteroatoms. The van der Waals surface area contributed by atoms with Crippen molar-refractivity contribution < 1.29 is 33.5 Å². The number of likely N-dealkylation sites (N-methyl/N-ethyl adjacent to an activating group) is 5. The summed E-state index contributed by atoms with van der Waals surface area (Å²) in [5, 5.41) is 2.56.